The molecule has 4 unspecified atom stereocenters. The molecular weight excluding hydrogens is 244 g/mol. The molecule has 2 bridgehead atoms. The predicted molar refractivity (Wildman–Crippen MR) is 87.8 cm³/mol. The number of unbranched alkanes of at least 4 members (excludes halogenated alkanes) is 3. The zero-order chi connectivity index (χ0) is 14.6. The van der Waals surface area contributed by atoms with E-state index in [9.17, 15) is 0 Å². The number of nitrogens with two attached hydrogens (primary N) is 1. The molecule has 0 aromatic rings. The first kappa shape index (κ1) is 16.3. The molecule has 2 fully saturated rings. The van der Waals surface area contributed by atoms with Gasteiger partial charge in [0.2, 0.25) is 0 Å². The Morgan fingerprint density at radius 3 is 2.50 bits per heavy atom. The molecule has 2 aliphatic carbocycles. The Morgan fingerprint density at radius 1 is 1.15 bits per heavy atom. The second kappa shape index (κ2) is 7.26. The van der Waals surface area contributed by atoms with E-state index >= 15 is 0 Å². The van der Waals surface area contributed by atoms with Gasteiger partial charge in [-0.25, -0.2) is 0 Å². The van der Waals surface area contributed by atoms with Crippen molar-refractivity contribution in [1.29, 1.82) is 0 Å². The Balaban J connectivity index is 1.79. The van der Waals surface area contributed by atoms with E-state index < -0.39 is 0 Å². The molecule has 118 valence electrons. The average Bonchev–Trinajstić information content (AvgIpc) is 3.05. The van der Waals surface area contributed by atoms with Gasteiger partial charge >= 0.3 is 0 Å². The molecule has 2 saturated carbocycles. The van der Waals surface area contributed by atoms with Crippen LogP contribution in [0.3, 0.4) is 0 Å². The average molecular weight is 280 g/mol. The van der Waals surface area contributed by atoms with E-state index in [1.54, 1.807) is 0 Å². The van der Waals surface area contributed by atoms with Gasteiger partial charge in [0, 0.05) is 18.6 Å². The van der Waals surface area contributed by atoms with Crippen LogP contribution in [-0.2, 0) is 0 Å². The van der Waals surface area contributed by atoms with Crippen molar-refractivity contribution in [2.75, 3.05) is 20.1 Å². The fraction of sp³-hybridized carbons (Fsp3) is 1.00. The summed E-state index contributed by atoms with van der Waals surface area (Å²) in [5.74, 6) is 3.05. The van der Waals surface area contributed by atoms with Crippen LogP contribution in [-0.4, -0.2) is 30.6 Å². The molecule has 0 spiro atoms. The first-order valence-electron chi connectivity index (χ1n) is 9.00. The molecular formula is C18H36N2. The maximum absolute atomic E-state index is 6.13. The van der Waals surface area contributed by atoms with Gasteiger partial charge in [-0.3, -0.25) is 4.90 Å². The highest BCUT2D eigenvalue weighted by molar-refractivity contribution is 4.94. The largest absolute Gasteiger partial charge is 0.329 e. The minimum absolute atomic E-state index is 0.218. The summed E-state index contributed by atoms with van der Waals surface area (Å²) in [6.45, 7) is 6.74. The molecule has 0 aromatic carbocycles. The zero-order valence-corrected chi connectivity index (χ0v) is 14.0. The van der Waals surface area contributed by atoms with Gasteiger partial charge in [-0.15, -0.1) is 0 Å². The topological polar surface area (TPSA) is 29.3 Å². The Kier molecular flexibility index (Phi) is 5.92. The third kappa shape index (κ3) is 3.76. The Morgan fingerprint density at radius 2 is 1.95 bits per heavy atom. The molecule has 2 aliphatic rings. The van der Waals surface area contributed by atoms with Crippen LogP contribution >= 0.6 is 0 Å². The fourth-order valence-electron chi connectivity index (χ4n) is 4.55. The van der Waals surface area contributed by atoms with Crippen molar-refractivity contribution in [2.45, 2.75) is 77.2 Å². The van der Waals surface area contributed by atoms with Crippen LogP contribution in [0.15, 0.2) is 0 Å². The lowest BCUT2D eigenvalue weighted by atomic mass is 9.86. The molecule has 0 heterocycles. The minimum Gasteiger partial charge on any atom is -0.329 e. The van der Waals surface area contributed by atoms with Gasteiger partial charge in [0.05, 0.1) is 0 Å². The molecule has 0 saturated heterocycles. The van der Waals surface area contributed by atoms with Crippen LogP contribution in [0.25, 0.3) is 0 Å². The van der Waals surface area contributed by atoms with Gasteiger partial charge in [0.25, 0.3) is 0 Å². The van der Waals surface area contributed by atoms with Crippen LogP contribution in [0.5, 0.6) is 0 Å². The molecule has 4 atom stereocenters. The van der Waals surface area contributed by atoms with E-state index in [1.807, 2.05) is 0 Å². The second-order valence-electron chi connectivity index (χ2n) is 7.83. The summed E-state index contributed by atoms with van der Waals surface area (Å²) in [7, 11) is 2.32. The van der Waals surface area contributed by atoms with Crippen LogP contribution in [0.1, 0.15) is 71.6 Å². The maximum atomic E-state index is 6.13. The van der Waals surface area contributed by atoms with Gasteiger partial charge in [-0.2, -0.15) is 0 Å². The Bertz CT molecular complexity index is 291. The highest BCUT2D eigenvalue weighted by Gasteiger charge is 2.41. The second-order valence-corrected chi connectivity index (χ2v) is 7.83. The molecule has 2 heteroatoms. The lowest BCUT2D eigenvalue weighted by Crippen LogP contribution is -2.51. The van der Waals surface area contributed by atoms with Gasteiger partial charge in [0.15, 0.2) is 0 Å². The van der Waals surface area contributed by atoms with E-state index in [1.165, 1.54) is 64.3 Å². The number of hydrogen-bond acceptors (Lipinski definition) is 2. The van der Waals surface area contributed by atoms with Crippen LogP contribution in [0.2, 0.25) is 0 Å². The summed E-state index contributed by atoms with van der Waals surface area (Å²) in [5, 5.41) is 0. The van der Waals surface area contributed by atoms with Crippen molar-refractivity contribution in [3.63, 3.8) is 0 Å². The summed E-state index contributed by atoms with van der Waals surface area (Å²) in [6.07, 6.45) is 12.7. The van der Waals surface area contributed by atoms with Gasteiger partial charge in [-0.1, -0.05) is 39.0 Å². The van der Waals surface area contributed by atoms with E-state index in [4.69, 9.17) is 5.73 Å². The zero-order valence-electron chi connectivity index (χ0n) is 14.0. The number of rotatable bonds is 9. The van der Waals surface area contributed by atoms with Gasteiger partial charge in [-0.05, 0) is 57.4 Å². The summed E-state index contributed by atoms with van der Waals surface area (Å²) in [5.41, 5.74) is 6.35. The predicted octanol–water partition coefficient (Wildman–Crippen LogP) is 4.04. The first-order chi connectivity index (χ1) is 9.59. The van der Waals surface area contributed by atoms with Gasteiger partial charge < -0.3 is 5.73 Å². The van der Waals surface area contributed by atoms with Crippen molar-refractivity contribution < 1.29 is 0 Å². The molecule has 0 aliphatic heterocycles. The lowest BCUT2D eigenvalue weighted by molar-refractivity contribution is 0.0949. The number of likely N-dealkylation sites (N-methyl/N-ethyl adjacent to an activating group) is 1. The molecule has 20 heavy (non-hydrogen) atoms. The number of nitrogens with zero attached hydrogens (tertiary/aromatic N) is 1. The standard InChI is InChI=1S/C18H36N2/c1-4-5-6-7-10-18(2,14-19)20(3)13-17-12-15-8-9-16(17)11-15/h15-17H,4-14,19H2,1-3H3. The third-order valence-electron chi connectivity index (χ3n) is 6.32. The van der Waals surface area contributed by atoms with E-state index in [2.05, 4.69) is 25.8 Å². The van der Waals surface area contributed by atoms with Crippen LogP contribution in [0.4, 0.5) is 0 Å². The Labute approximate surface area is 126 Å². The van der Waals surface area contributed by atoms with Crippen molar-refractivity contribution in [3.8, 4) is 0 Å². The summed E-state index contributed by atoms with van der Waals surface area (Å²) < 4.78 is 0. The molecule has 0 aromatic heterocycles. The summed E-state index contributed by atoms with van der Waals surface area (Å²) in [6, 6.07) is 0. The van der Waals surface area contributed by atoms with E-state index in [0.717, 1.165) is 24.3 Å². The number of fused-ring (bicyclic) bond motifs is 2. The van der Waals surface area contributed by atoms with Crippen LogP contribution < -0.4 is 5.73 Å². The summed E-state index contributed by atoms with van der Waals surface area (Å²) >= 11 is 0. The van der Waals surface area contributed by atoms with Crippen molar-refractivity contribution in [2.24, 2.45) is 23.5 Å². The molecule has 2 rings (SSSR count). The first-order valence-corrected chi connectivity index (χ1v) is 9.00. The highest BCUT2D eigenvalue weighted by Crippen LogP contribution is 2.48. The Hall–Kier alpha value is -0.0800. The van der Waals surface area contributed by atoms with E-state index in [0.29, 0.717) is 0 Å². The highest BCUT2D eigenvalue weighted by atomic mass is 15.2. The normalized spacial score (nSPS) is 31.9. The van der Waals surface area contributed by atoms with E-state index in [-0.39, 0.29) is 5.54 Å². The number of hydrogen-bond donors (Lipinski definition) is 1. The third-order valence-corrected chi connectivity index (χ3v) is 6.32. The fourth-order valence-corrected chi connectivity index (χ4v) is 4.55. The monoisotopic (exact) mass is 280 g/mol. The SMILES string of the molecule is CCCCCCC(C)(CN)N(C)CC1CC2CCC1C2. The summed E-state index contributed by atoms with van der Waals surface area (Å²) in [4.78, 5) is 2.60. The van der Waals surface area contributed by atoms with Gasteiger partial charge in [0.1, 0.15) is 0 Å². The molecule has 2 N–H and O–H groups in total. The smallest absolute Gasteiger partial charge is 0.0300 e. The minimum atomic E-state index is 0.218. The molecule has 0 radical (unpaired) electrons. The molecule has 0 amide bonds. The maximum Gasteiger partial charge on any atom is 0.0300 e. The van der Waals surface area contributed by atoms with Crippen LogP contribution in [0, 0.1) is 17.8 Å². The lowest BCUT2D eigenvalue weighted by Gasteiger charge is -2.41. The van der Waals surface area contributed by atoms with Crippen molar-refractivity contribution >= 4 is 0 Å². The van der Waals surface area contributed by atoms with Crippen molar-refractivity contribution in [3.05, 3.63) is 0 Å². The quantitative estimate of drug-likeness (QED) is 0.646. The van der Waals surface area contributed by atoms with Crippen molar-refractivity contribution in [1.82, 2.24) is 4.90 Å². The molecule has 2 nitrogen and oxygen atoms in total.